The highest BCUT2D eigenvalue weighted by atomic mass is 19.2. The topological polar surface area (TPSA) is 72.5 Å². The summed E-state index contributed by atoms with van der Waals surface area (Å²) in [6, 6.07) is 28.4. The first kappa shape index (κ1) is 28.4. The number of hydrogen-bond acceptors (Lipinski definition) is 7. The van der Waals surface area contributed by atoms with Gasteiger partial charge in [0.05, 0.1) is 25.9 Å². The lowest BCUT2D eigenvalue weighted by atomic mass is 9.93. The lowest BCUT2D eigenvalue weighted by Gasteiger charge is -2.41. The summed E-state index contributed by atoms with van der Waals surface area (Å²) in [6.45, 7) is 4.07. The molecule has 0 bridgehead atoms. The van der Waals surface area contributed by atoms with Crippen LogP contribution in [0.4, 0.5) is 4.39 Å². The molecule has 212 valence electrons. The molecule has 8 heteroatoms. The fraction of sp³-hybridized carbons (Fsp3) is 0.406. The minimum Gasteiger partial charge on any atom is -0.457 e. The summed E-state index contributed by atoms with van der Waals surface area (Å²) in [6.07, 6.45) is -3.57. The summed E-state index contributed by atoms with van der Waals surface area (Å²) in [5.74, 6) is -4.86. The molecule has 2 saturated heterocycles. The fourth-order valence-electron chi connectivity index (χ4n) is 5.02. The van der Waals surface area contributed by atoms with Gasteiger partial charge >= 0.3 is 11.8 Å². The number of carbonyl (C=O) groups excluding carboxylic acids is 1. The molecule has 2 unspecified atom stereocenters. The molecule has 3 aromatic carbocycles. The summed E-state index contributed by atoms with van der Waals surface area (Å²) in [7, 11) is 0. The molecule has 5 rings (SSSR count). The van der Waals surface area contributed by atoms with Crippen molar-refractivity contribution < 1.29 is 37.6 Å². The molecular weight excluding hydrogens is 515 g/mol. The van der Waals surface area contributed by atoms with Crippen molar-refractivity contribution in [1.82, 2.24) is 0 Å². The largest absolute Gasteiger partial charge is 0.457 e. The minimum absolute atomic E-state index is 0.0779. The molecule has 40 heavy (non-hydrogen) atoms. The Kier molecular flexibility index (Phi) is 8.93. The standard InChI is InChI=1S/C32H35FO7/c1-31(2)38-26-18-32(33,30(34)37-21-25-16-10-5-11-17-25)40-29(28(26)39-31)27(36-20-24-14-8-4-9-15-24)22-35-19-23-12-6-3-7-13-23/h3-17,26-29H,18-22H2,1-2H3/t26-,27-,28?,29?,32-/m1/s1. The van der Waals surface area contributed by atoms with E-state index in [9.17, 15) is 4.79 Å². The summed E-state index contributed by atoms with van der Waals surface area (Å²) < 4.78 is 52.2. The van der Waals surface area contributed by atoms with Crippen LogP contribution in [0.3, 0.4) is 0 Å². The Bertz CT molecular complexity index is 1220. The highest BCUT2D eigenvalue weighted by Gasteiger charge is 2.61. The first-order valence-electron chi connectivity index (χ1n) is 13.5. The number of halogens is 1. The SMILES string of the molecule is CC1(C)OC2C([C@@H](COCc3ccccc3)OCc3ccccc3)O[C@@](F)(C(=O)OCc3ccccc3)C[C@H]2O1. The lowest BCUT2D eigenvalue weighted by Crippen LogP contribution is -2.60. The molecule has 0 amide bonds. The van der Waals surface area contributed by atoms with E-state index in [1.165, 1.54) is 0 Å². The summed E-state index contributed by atoms with van der Waals surface area (Å²) in [5, 5.41) is 0. The maximum absolute atomic E-state index is 16.4. The van der Waals surface area contributed by atoms with E-state index < -0.39 is 42.0 Å². The molecule has 2 aliphatic heterocycles. The smallest absolute Gasteiger partial charge is 0.372 e. The van der Waals surface area contributed by atoms with Gasteiger partial charge in [-0.05, 0) is 30.5 Å². The Hall–Kier alpha value is -3.14. The predicted molar refractivity (Wildman–Crippen MR) is 145 cm³/mol. The van der Waals surface area contributed by atoms with Crippen LogP contribution in [0.15, 0.2) is 91.0 Å². The zero-order valence-corrected chi connectivity index (χ0v) is 22.7. The van der Waals surface area contributed by atoms with E-state index in [-0.39, 0.29) is 26.2 Å². The van der Waals surface area contributed by atoms with Crippen molar-refractivity contribution in [3.8, 4) is 0 Å². The molecule has 3 aromatic rings. The zero-order chi connectivity index (χ0) is 28.0. The Morgan fingerprint density at radius 1 is 0.825 bits per heavy atom. The van der Waals surface area contributed by atoms with Crippen LogP contribution < -0.4 is 0 Å². The van der Waals surface area contributed by atoms with Gasteiger partial charge in [-0.1, -0.05) is 91.0 Å². The van der Waals surface area contributed by atoms with Gasteiger partial charge in [0.1, 0.15) is 24.9 Å². The van der Waals surface area contributed by atoms with Gasteiger partial charge in [0, 0.05) is 6.42 Å². The number of alkyl halides is 1. The molecule has 0 aromatic heterocycles. The van der Waals surface area contributed by atoms with Gasteiger partial charge in [-0.15, -0.1) is 0 Å². The van der Waals surface area contributed by atoms with Crippen LogP contribution in [-0.4, -0.2) is 48.6 Å². The molecule has 2 fully saturated rings. The molecule has 2 heterocycles. The highest BCUT2D eigenvalue weighted by Crippen LogP contribution is 2.43. The number of rotatable bonds is 11. The third kappa shape index (κ3) is 7.13. The number of fused-ring (bicyclic) bond motifs is 1. The van der Waals surface area contributed by atoms with Crippen molar-refractivity contribution >= 4 is 5.97 Å². The lowest BCUT2D eigenvalue weighted by molar-refractivity contribution is -0.278. The summed E-state index contributed by atoms with van der Waals surface area (Å²) in [4.78, 5) is 13.1. The molecule has 5 atom stereocenters. The van der Waals surface area contributed by atoms with Crippen molar-refractivity contribution in [2.45, 2.75) is 76.1 Å². The second kappa shape index (κ2) is 12.6. The predicted octanol–water partition coefficient (Wildman–Crippen LogP) is 5.51. The van der Waals surface area contributed by atoms with Crippen LogP contribution in [0.5, 0.6) is 0 Å². The van der Waals surface area contributed by atoms with Crippen molar-refractivity contribution in [3.05, 3.63) is 108 Å². The van der Waals surface area contributed by atoms with E-state index >= 15 is 4.39 Å². The number of esters is 1. The van der Waals surface area contributed by atoms with Crippen molar-refractivity contribution in [2.75, 3.05) is 6.61 Å². The van der Waals surface area contributed by atoms with Gasteiger partial charge in [-0.25, -0.2) is 4.79 Å². The minimum atomic E-state index is -2.75. The Labute approximate surface area is 234 Å². The van der Waals surface area contributed by atoms with Gasteiger partial charge in [0.15, 0.2) is 5.79 Å². The molecular formula is C32H35FO7. The third-order valence-corrected chi connectivity index (χ3v) is 6.92. The number of hydrogen-bond donors (Lipinski definition) is 0. The molecule has 2 aliphatic rings. The Balaban J connectivity index is 1.35. The average Bonchev–Trinajstić information content (AvgIpc) is 3.28. The average molecular weight is 551 g/mol. The van der Waals surface area contributed by atoms with Gasteiger partial charge in [-0.3, -0.25) is 0 Å². The quantitative estimate of drug-likeness (QED) is 0.292. The van der Waals surface area contributed by atoms with Gasteiger partial charge < -0.3 is 28.4 Å². The fourth-order valence-corrected chi connectivity index (χ4v) is 5.02. The Morgan fingerprint density at radius 2 is 1.38 bits per heavy atom. The van der Waals surface area contributed by atoms with Crippen molar-refractivity contribution in [2.24, 2.45) is 0 Å². The Morgan fingerprint density at radius 3 is 1.98 bits per heavy atom. The van der Waals surface area contributed by atoms with E-state index in [1.807, 2.05) is 78.9 Å². The van der Waals surface area contributed by atoms with Crippen LogP contribution in [0, 0.1) is 0 Å². The van der Waals surface area contributed by atoms with Crippen LogP contribution in [0.2, 0.25) is 0 Å². The molecule has 0 spiro atoms. The van der Waals surface area contributed by atoms with Gasteiger partial charge in [0.2, 0.25) is 0 Å². The molecule has 0 N–H and O–H groups in total. The van der Waals surface area contributed by atoms with Gasteiger partial charge in [-0.2, -0.15) is 4.39 Å². The number of ether oxygens (including phenoxy) is 6. The van der Waals surface area contributed by atoms with E-state index in [0.717, 1.165) is 16.7 Å². The van der Waals surface area contributed by atoms with Gasteiger partial charge in [0.25, 0.3) is 0 Å². The van der Waals surface area contributed by atoms with E-state index in [2.05, 4.69) is 0 Å². The van der Waals surface area contributed by atoms with Crippen LogP contribution in [-0.2, 0) is 53.0 Å². The maximum Gasteiger partial charge on any atom is 0.372 e. The number of carbonyl (C=O) groups is 1. The second-order valence-electron chi connectivity index (χ2n) is 10.6. The molecule has 0 saturated carbocycles. The van der Waals surface area contributed by atoms with Crippen molar-refractivity contribution in [3.63, 3.8) is 0 Å². The zero-order valence-electron chi connectivity index (χ0n) is 22.7. The van der Waals surface area contributed by atoms with Crippen molar-refractivity contribution in [1.29, 1.82) is 0 Å². The first-order valence-corrected chi connectivity index (χ1v) is 13.5. The van der Waals surface area contributed by atoms with E-state index in [0.29, 0.717) is 6.61 Å². The maximum atomic E-state index is 16.4. The third-order valence-electron chi connectivity index (χ3n) is 6.92. The molecule has 0 radical (unpaired) electrons. The summed E-state index contributed by atoms with van der Waals surface area (Å²) in [5.41, 5.74) is 2.66. The van der Waals surface area contributed by atoms with E-state index in [1.54, 1.807) is 26.0 Å². The van der Waals surface area contributed by atoms with E-state index in [4.69, 9.17) is 28.4 Å². The monoisotopic (exact) mass is 550 g/mol. The first-order chi connectivity index (χ1) is 19.3. The number of benzene rings is 3. The summed E-state index contributed by atoms with van der Waals surface area (Å²) >= 11 is 0. The van der Waals surface area contributed by atoms with Crippen LogP contribution in [0.25, 0.3) is 0 Å². The van der Waals surface area contributed by atoms with Crippen LogP contribution >= 0.6 is 0 Å². The van der Waals surface area contributed by atoms with Crippen LogP contribution in [0.1, 0.15) is 37.0 Å². The normalized spacial score (nSPS) is 26.1. The molecule has 7 nitrogen and oxygen atoms in total. The highest BCUT2D eigenvalue weighted by molar-refractivity contribution is 5.78. The molecule has 0 aliphatic carbocycles. The second-order valence-corrected chi connectivity index (χ2v) is 10.6.